The van der Waals surface area contributed by atoms with Crippen LogP contribution in [0.4, 0.5) is 5.69 Å². The SMILES string of the molecule is COc1ccc(NC(=O)CCc2c(C)nn(CC(C)C)c2C)cc1S(=O)(=O)N1CCCCC1. The number of hydrogen-bond donors (Lipinski definition) is 1. The third kappa shape index (κ3) is 5.95. The number of carbonyl (C=O) groups is 1. The van der Waals surface area contributed by atoms with Crippen LogP contribution in [0.25, 0.3) is 0 Å². The predicted molar refractivity (Wildman–Crippen MR) is 129 cm³/mol. The maximum Gasteiger partial charge on any atom is 0.246 e. The quantitative estimate of drug-likeness (QED) is 0.592. The zero-order valence-electron chi connectivity index (χ0n) is 20.3. The number of piperidine rings is 1. The largest absolute Gasteiger partial charge is 0.495 e. The summed E-state index contributed by atoms with van der Waals surface area (Å²) in [5.74, 6) is 0.601. The number of nitrogens with one attached hydrogen (secondary N) is 1. The first-order valence-electron chi connectivity index (χ1n) is 11.6. The van der Waals surface area contributed by atoms with Crippen LogP contribution in [0, 0.1) is 19.8 Å². The molecule has 0 aliphatic carbocycles. The van der Waals surface area contributed by atoms with Crippen molar-refractivity contribution < 1.29 is 17.9 Å². The van der Waals surface area contributed by atoms with Crippen LogP contribution in [0.5, 0.6) is 5.75 Å². The van der Waals surface area contributed by atoms with Gasteiger partial charge in [-0.2, -0.15) is 9.40 Å². The fourth-order valence-electron chi connectivity index (χ4n) is 4.28. The number of anilines is 1. The van der Waals surface area contributed by atoms with Gasteiger partial charge in [0.15, 0.2) is 0 Å². The third-order valence-corrected chi connectivity index (χ3v) is 7.97. The van der Waals surface area contributed by atoms with E-state index in [1.165, 1.54) is 17.5 Å². The van der Waals surface area contributed by atoms with Crippen LogP contribution in [0.2, 0.25) is 0 Å². The molecule has 8 nitrogen and oxygen atoms in total. The first-order chi connectivity index (χ1) is 15.6. The van der Waals surface area contributed by atoms with E-state index in [9.17, 15) is 13.2 Å². The van der Waals surface area contributed by atoms with E-state index in [0.717, 1.165) is 42.8 Å². The van der Waals surface area contributed by atoms with Crippen LogP contribution in [-0.4, -0.2) is 48.6 Å². The number of ether oxygens (including phenoxy) is 1. The summed E-state index contributed by atoms with van der Waals surface area (Å²) in [4.78, 5) is 12.8. The van der Waals surface area contributed by atoms with Crippen LogP contribution in [-0.2, 0) is 27.8 Å². The lowest BCUT2D eigenvalue weighted by atomic mass is 10.1. The highest BCUT2D eigenvalue weighted by molar-refractivity contribution is 7.89. The molecule has 0 bridgehead atoms. The van der Waals surface area contributed by atoms with Crippen molar-refractivity contribution in [1.29, 1.82) is 0 Å². The summed E-state index contributed by atoms with van der Waals surface area (Å²) in [7, 11) is -2.24. The summed E-state index contributed by atoms with van der Waals surface area (Å²) < 4.78 is 35.2. The number of aromatic nitrogens is 2. The maximum atomic E-state index is 13.2. The maximum absolute atomic E-state index is 13.2. The van der Waals surface area contributed by atoms with E-state index in [1.807, 2.05) is 18.5 Å². The number of amides is 1. The molecule has 0 radical (unpaired) electrons. The molecule has 1 aliphatic rings. The number of carbonyl (C=O) groups excluding carboxylic acids is 1. The third-order valence-electron chi connectivity index (χ3n) is 6.05. The lowest BCUT2D eigenvalue weighted by molar-refractivity contribution is -0.116. The Labute approximate surface area is 197 Å². The molecule has 0 spiro atoms. The van der Waals surface area contributed by atoms with Crippen molar-refractivity contribution in [3.63, 3.8) is 0 Å². The van der Waals surface area contributed by atoms with E-state index in [1.54, 1.807) is 12.1 Å². The van der Waals surface area contributed by atoms with Crippen LogP contribution in [0.3, 0.4) is 0 Å². The molecular formula is C24H36N4O4S. The Bertz CT molecular complexity index is 1090. The summed E-state index contributed by atoms with van der Waals surface area (Å²) in [5.41, 5.74) is 3.57. The zero-order valence-corrected chi connectivity index (χ0v) is 21.2. The number of methoxy groups -OCH3 is 1. The van der Waals surface area contributed by atoms with E-state index >= 15 is 0 Å². The first-order valence-corrected chi connectivity index (χ1v) is 13.1. The molecule has 33 heavy (non-hydrogen) atoms. The van der Waals surface area contributed by atoms with Crippen molar-refractivity contribution >= 4 is 21.6 Å². The van der Waals surface area contributed by atoms with Gasteiger partial charge in [0.1, 0.15) is 10.6 Å². The highest BCUT2D eigenvalue weighted by Gasteiger charge is 2.29. The lowest BCUT2D eigenvalue weighted by Crippen LogP contribution is -2.35. The lowest BCUT2D eigenvalue weighted by Gasteiger charge is -2.26. The van der Waals surface area contributed by atoms with Crippen molar-refractivity contribution in [2.45, 2.75) is 71.2 Å². The van der Waals surface area contributed by atoms with Crippen LogP contribution >= 0.6 is 0 Å². The minimum absolute atomic E-state index is 0.0892. The Kier molecular flexibility index (Phi) is 8.18. The van der Waals surface area contributed by atoms with Gasteiger partial charge in [-0.15, -0.1) is 0 Å². The van der Waals surface area contributed by atoms with E-state index in [-0.39, 0.29) is 23.0 Å². The second-order valence-corrected chi connectivity index (χ2v) is 11.0. The van der Waals surface area contributed by atoms with Crippen LogP contribution in [0.1, 0.15) is 56.5 Å². The van der Waals surface area contributed by atoms with Crippen LogP contribution < -0.4 is 10.1 Å². The van der Waals surface area contributed by atoms with Gasteiger partial charge in [-0.3, -0.25) is 9.48 Å². The molecule has 1 saturated heterocycles. The standard InChI is InChI=1S/C24H36N4O4S/c1-17(2)16-28-19(4)21(18(3)26-28)10-12-24(29)25-20-9-11-22(32-5)23(15-20)33(30,31)27-13-7-6-8-14-27/h9,11,15,17H,6-8,10,12-14,16H2,1-5H3,(H,25,29). The molecule has 0 atom stereocenters. The normalized spacial score (nSPS) is 15.1. The monoisotopic (exact) mass is 476 g/mol. The van der Waals surface area contributed by atoms with Crippen LogP contribution in [0.15, 0.2) is 23.1 Å². The highest BCUT2D eigenvalue weighted by Crippen LogP contribution is 2.31. The summed E-state index contributed by atoms with van der Waals surface area (Å²) in [6, 6.07) is 4.76. The summed E-state index contributed by atoms with van der Waals surface area (Å²) in [5, 5.41) is 7.47. The molecule has 182 valence electrons. The second kappa shape index (κ2) is 10.7. The van der Waals surface area contributed by atoms with E-state index < -0.39 is 10.0 Å². The number of hydrogen-bond acceptors (Lipinski definition) is 5. The number of benzene rings is 1. The van der Waals surface area contributed by atoms with Crippen molar-refractivity contribution in [2.75, 3.05) is 25.5 Å². The minimum atomic E-state index is -3.69. The van der Waals surface area contributed by atoms with E-state index in [2.05, 4.69) is 24.3 Å². The minimum Gasteiger partial charge on any atom is -0.495 e. The molecule has 1 fully saturated rings. The van der Waals surface area contributed by atoms with Crippen molar-refractivity contribution in [1.82, 2.24) is 14.1 Å². The van der Waals surface area contributed by atoms with Gasteiger partial charge in [0.05, 0.1) is 12.8 Å². The van der Waals surface area contributed by atoms with E-state index in [4.69, 9.17) is 4.74 Å². The molecule has 1 aliphatic heterocycles. The second-order valence-electron chi connectivity index (χ2n) is 9.10. The van der Waals surface area contributed by atoms with Gasteiger partial charge in [-0.25, -0.2) is 8.42 Å². The topological polar surface area (TPSA) is 93.5 Å². The van der Waals surface area contributed by atoms with Gasteiger partial charge in [0.2, 0.25) is 15.9 Å². The average molecular weight is 477 g/mol. The molecule has 1 aromatic carbocycles. The van der Waals surface area contributed by atoms with Crippen molar-refractivity contribution in [2.24, 2.45) is 5.92 Å². The molecule has 2 heterocycles. The van der Waals surface area contributed by atoms with E-state index in [0.29, 0.717) is 31.1 Å². The first kappa shape index (κ1) is 25.2. The molecule has 3 rings (SSSR count). The number of nitrogens with zero attached hydrogens (tertiary/aromatic N) is 3. The number of aryl methyl sites for hydroxylation is 1. The zero-order chi connectivity index (χ0) is 24.2. The van der Waals surface area contributed by atoms with Crippen molar-refractivity contribution in [3.8, 4) is 5.75 Å². The van der Waals surface area contributed by atoms with Gasteiger partial charge in [0, 0.05) is 37.4 Å². The Hall–Kier alpha value is -2.39. The summed E-state index contributed by atoms with van der Waals surface area (Å²) in [6.07, 6.45) is 3.61. The van der Waals surface area contributed by atoms with Crippen molar-refractivity contribution in [3.05, 3.63) is 35.2 Å². The number of rotatable bonds is 9. The smallest absolute Gasteiger partial charge is 0.246 e. The summed E-state index contributed by atoms with van der Waals surface area (Å²) >= 11 is 0. The molecular weight excluding hydrogens is 440 g/mol. The van der Waals surface area contributed by atoms with Gasteiger partial charge >= 0.3 is 0 Å². The Morgan fingerprint density at radius 3 is 2.52 bits per heavy atom. The van der Waals surface area contributed by atoms with Gasteiger partial charge in [0.25, 0.3) is 0 Å². The average Bonchev–Trinajstić information content (AvgIpc) is 3.04. The Balaban J connectivity index is 1.72. The highest BCUT2D eigenvalue weighted by atomic mass is 32.2. The molecule has 2 aromatic rings. The molecule has 1 aromatic heterocycles. The Morgan fingerprint density at radius 2 is 1.88 bits per heavy atom. The molecule has 9 heteroatoms. The molecule has 0 saturated carbocycles. The molecule has 0 unspecified atom stereocenters. The Morgan fingerprint density at radius 1 is 1.18 bits per heavy atom. The fraction of sp³-hybridized carbons (Fsp3) is 0.583. The van der Waals surface area contributed by atoms with Gasteiger partial charge in [-0.05, 0) is 62.8 Å². The van der Waals surface area contributed by atoms with Gasteiger partial charge in [-0.1, -0.05) is 20.3 Å². The molecule has 1 amide bonds. The van der Waals surface area contributed by atoms with Gasteiger partial charge < -0.3 is 10.1 Å². The number of sulfonamides is 1. The fourth-order valence-corrected chi connectivity index (χ4v) is 5.98. The molecule has 1 N–H and O–H groups in total. The predicted octanol–water partition coefficient (Wildman–Crippen LogP) is 3.91. The summed E-state index contributed by atoms with van der Waals surface area (Å²) in [6.45, 7) is 10.2.